The zero-order valence-electron chi connectivity index (χ0n) is 10.9. The number of aromatic nitrogens is 2. The van der Waals surface area contributed by atoms with Crippen LogP contribution in [0.4, 0.5) is 5.82 Å². The molecule has 2 N–H and O–H groups in total. The fourth-order valence-corrected chi connectivity index (χ4v) is 2.71. The van der Waals surface area contributed by atoms with Gasteiger partial charge in [0.05, 0.1) is 11.7 Å². The van der Waals surface area contributed by atoms with E-state index in [1.54, 1.807) is 0 Å². The molecule has 1 aliphatic rings. The summed E-state index contributed by atoms with van der Waals surface area (Å²) in [7, 11) is 0. The van der Waals surface area contributed by atoms with Gasteiger partial charge in [0.15, 0.2) is 0 Å². The molecule has 0 aromatic carbocycles. The number of nitrogens with two attached hydrogens (primary N) is 1. The van der Waals surface area contributed by atoms with Crippen molar-refractivity contribution in [3.05, 3.63) is 54.0 Å². The smallest absolute Gasteiger partial charge is 0.129 e. The van der Waals surface area contributed by atoms with E-state index in [1.807, 2.05) is 24.5 Å². The summed E-state index contributed by atoms with van der Waals surface area (Å²) in [6.07, 6.45) is 6.07. The molecule has 4 heteroatoms. The van der Waals surface area contributed by atoms with E-state index in [0.29, 0.717) is 12.6 Å². The molecule has 0 aliphatic carbocycles. The summed E-state index contributed by atoms with van der Waals surface area (Å²) < 4.78 is 0. The lowest BCUT2D eigenvalue weighted by Gasteiger charge is -2.26. The molecule has 2 aromatic heterocycles. The van der Waals surface area contributed by atoms with Crippen molar-refractivity contribution in [3.63, 3.8) is 0 Å². The zero-order chi connectivity index (χ0) is 13.1. The number of hydrogen-bond donors (Lipinski definition) is 1. The highest BCUT2D eigenvalue weighted by molar-refractivity contribution is 5.44. The second-order valence-electron chi connectivity index (χ2n) is 4.82. The van der Waals surface area contributed by atoms with Gasteiger partial charge in [-0.1, -0.05) is 6.07 Å². The van der Waals surface area contributed by atoms with Crippen molar-refractivity contribution in [2.75, 3.05) is 11.4 Å². The lowest BCUT2D eigenvalue weighted by molar-refractivity contribution is 0.708. The van der Waals surface area contributed by atoms with Gasteiger partial charge in [-0.05, 0) is 42.7 Å². The van der Waals surface area contributed by atoms with E-state index in [0.717, 1.165) is 18.1 Å². The Hall–Kier alpha value is -1.94. The molecular weight excluding hydrogens is 236 g/mol. The van der Waals surface area contributed by atoms with Crippen LogP contribution in [0.3, 0.4) is 0 Å². The van der Waals surface area contributed by atoms with Crippen LogP contribution in [0.2, 0.25) is 0 Å². The predicted octanol–water partition coefficient (Wildman–Crippen LogP) is 2.28. The second-order valence-corrected chi connectivity index (χ2v) is 4.82. The minimum absolute atomic E-state index is 0.406. The summed E-state index contributed by atoms with van der Waals surface area (Å²) >= 11 is 0. The van der Waals surface area contributed by atoms with Gasteiger partial charge in [0.2, 0.25) is 0 Å². The SMILES string of the molecule is NCc1cccc(N2CCCC2c2ccncc2)n1. The summed E-state index contributed by atoms with van der Waals surface area (Å²) in [5.74, 6) is 1.03. The fraction of sp³-hybridized carbons (Fsp3) is 0.333. The Kier molecular flexibility index (Phi) is 3.42. The Balaban J connectivity index is 1.90. The molecule has 2 aromatic rings. The highest BCUT2D eigenvalue weighted by Crippen LogP contribution is 2.34. The number of pyridine rings is 2. The monoisotopic (exact) mass is 254 g/mol. The topological polar surface area (TPSA) is 55.0 Å². The average molecular weight is 254 g/mol. The summed E-state index contributed by atoms with van der Waals surface area (Å²) in [5.41, 5.74) is 7.93. The van der Waals surface area contributed by atoms with Crippen LogP contribution in [-0.2, 0) is 6.54 Å². The van der Waals surface area contributed by atoms with E-state index < -0.39 is 0 Å². The molecular formula is C15H18N4. The molecule has 4 nitrogen and oxygen atoms in total. The van der Waals surface area contributed by atoms with E-state index in [4.69, 9.17) is 5.73 Å². The van der Waals surface area contributed by atoms with Crippen LogP contribution >= 0.6 is 0 Å². The first kappa shape index (κ1) is 12.1. The van der Waals surface area contributed by atoms with E-state index in [1.165, 1.54) is 18.4 Å². The maximum absolute atomic E-state index is 5.67. The second kappa shape index (κ2) is 5.36. The van der Waals surface area contributed by atoms with Crippen molar-refractivity contribution < 1.29 is 0 Å². The maximum Gasteiger partial charge on any atom is 0.129 e. The Morgan fingerprint density at radius 3 is 2.84 bits per heavy atom. The lowest BCUT2D eigenvalue weighted by atomic mass is 10.1. The molecule has 98 valence electrons. The molecule has 19 heavy (non-hydrogen) atoms. The fourth-order valence-electron chi connectivity index (χ4n) is 2.71. The Bertz CT molecular complexity index is 541. The van der Waals surface area contributed by atoms with Gasteiger partial charge in [0.1, 0.15) is 5.82 Å². The molecule has 3 heterocycles. The van der Waals surface area contributed by atoms with Crippen molar-refractivity contribution in [1.82, 2.24) is 9.97 Å². The molecule has 1 fully saturated rings. The minimum atomic E-state index is 0.406. The Morgan fingerprint density at radius 2 is 2.05 bits per heavy atom. The summed E-state index contributed by atoms with van der Waals surface area (Å²) in [6, 6.07) is 10.7. The van der Waals surface area contributed by atoms with E-state index in [9.17, 15) is 0 Å². The van der Waals surface area contributed by atoms with Gasteiger partial charge in [0.25, 0.3) is 0 Å². The van der Waals surface area contributed by atoms with Gasteiger partial charge in [-0.25, -0.2) is 4.98 Å². The molecule has 1 atom stereocenters. The first-order valence-corrected chi connectivity index (χ1v) is 6.71. The molecule has 0 amide bonds. The highest BCUT2D eigenvalue weighted by Gasteiger charge is 2.26. The molecule has 0 spiro atoms. The standard InChI is InChI=1S/C15H18N4/c16-11-13-3-1-5-15(18-13)19-10-2-4-14(19)12-6-8-17-9-7-12/h1,3,5-9,14H,2,4,10-11,16H2. The lowest BCUT2D eigenvalue weighted by Crippen LogP contribution is -2.24. The summed E-state index contributed by atoms with van der Waals surface area (Å²) in [5, 5.41) is 0. The van der Waals surface area contributed by atoms with Crippen LogP contribution in [0.1, 0.15) is 30.1 Å². The van der Waals surface area contributed by atoms with Gasteiger partial charge in [-0.2, -0.15) is 0 Å². The summed E-state index contributed by atoms with van der Waals surface area (Å²) in [6.45, 7) is 1.54. The van der Waals surface area contributed by atoms with E-state index in [2.05, 4.69) is 33.1 Å². The minimum Gasteiger partial charge on any atom is -0.350 e. The van der Waals surface area contributed by atoms with Gasteiger partial charge < -0.3 is 10.6 Å². The van der Waals surface area contributed by atoms with Crippen molar-refractivity contribution >= 4 is 5.82 Å². The molecule has 0 saturated carbocycles. The largest absolute Gasteiger partial charge is 0.350 e. The van der Waals surface area contributed by atoms with Gasteiger partial charge >= 0.3 is 0 Å². The highest BCUT2D eigenvalue weighted by atomic mass is 15.2. The van der Waals surface area contributed by atoms with Crippen molar-refractivity contribution in [3.8, 4) is 0 Å². The third-order valence-electron chi connectivity index (χ3n) is 3.64. The third-order valence-corrected chi connectivity index (χ3v) is 3.64. The van der Waals surface area contributed by atoms with Crippen LogP contribution in [-0.4, -0.2) is 16.5 Å². The van der Waals surface area contributed by atoms with Crippen molar-refractivity contribution in [1.29, 1.82) is 0 Å². The van der Waals surface area contributed by atoms with Gasteiger partial charge in [0, 0.05) is 25.5 Å². The Labute approximate surface area is 113 Å². The van der Waals surface area contributed by atoms with E-state index >= 15 is 0 Å². The number of hydrogen-bond acceptors (Lipinski definition) is 4. The molecule has 1 saturated heterocycles. The van der Waals surface area contributed by atoms with E-state index in [-0.39, 0.29) is 0 Å². The maximum atomic E-state index is 5.67. The number of anilines is 1. The van der Waals surface area contributed by atoms with Crippen LogP contribution in [0.5, 0.6) is 0 Å². The average Bonchev–Trinajstić information content (AvgIpc) is 2.98. The van der Waals surface area contributed by atoms with Crippen molar-refractivity contribution in [2.45, 2.75) is 25.4 Å². The molecule has 3 rings (SSSR count). The quantitative estimate of drug-likeness (QED) is 0.913. The number of rotatable bonds is 3. The predicted molar refractivity (Wildman–Crippen MR) is 75.7 cm³/mol. The Morgan fingerprint density at radius 1 is 1.21 bits per heavy atom. The van der Waals surface area contributed by atoms with Gasteiger partial charge in [-0.3, -0.25) is 4.98 Å². The van der Waals surface area contributed by atoms with Crippen LogP contribution in [0.15, 0.2) is 42.7 Å². The zero-order valence-corrected chi connectivity index (χ0v) is 10.9. The van der Waals surface area contributed by atoms with Crippen molar-refractivity contribution in [2.24, 2.45) is 5.73 Å². The molecule has 0 bridgehead atoms. The van der Waals surface area contributed by atoms with Gasteiger partial charge in [-0.15, -0.1) is 0 Å². The summed E-state index contributed by atoms with van der Waals surface area (Å²) in [4.78, 5) is 11.1. The van der Waals surface area contributed by atoms with Crippen LogP contribution < -0.4 is 10.6 Å². The van der Waals surface area contributed by atoms with Crippen LogP contribution in [0.25, 0.3) is 0 Å². The third kappa shape index (κ3) is 2.44. The molecule has 1 unspecified atom stereocenters. The molecule has 1 aliphatic heterocycles. The first-order valence-electron chi connectivity index (χ1n) is 6.71. The van der Waals surface area contributed by atoms with Crippen LogP contribution in [0, 0.1) is 0 Å². The first-order chi connectivity index (χ1) is 9.38. The molecule has 0 radical (unpaired) electrons. The normalized spacial score (nSPS) is 18.8. The number of nitrogens with zero attached hydrogens (tertiary/aromatic N) is 3.